The van der Waals surface area contributed by atoms with Gasteiger partial charge < -0.3 is 4.90 Å². The molecule has 2 aliphatic heterocycles. The van der Waals surface area contributed by atoms with Gasteiger partial charge in [-0.2, -0.15) is 0 Å². The van der Waals surface area contributed by atoms with E-state index in [0.717, 1.165) is 86.0 Å². The molecule has 39 heavy (non-hydrogen) atoms. The van der Waals surface area contributed by atoms with Crippen molar-refractivity contribution in [3.63, 3.8) is 0 Å². The van der Waals surface area contributed by atoms with E-state index in [4.69, 9.17) is 4.99 Å². The van der Waals surface area contributed by atoms with Crippen LogP contribution < -0.4 is 0 Å². The molecule has 0 radical (unpaired) electrons. The standard InChI is InChI=1S/C30H35N7O2/c1-2-3-11-26-31-30(17-6-7-18-30)29(39)36(26)20-22-13-15-23(16-14-22)24-9-4-5-10-25(24)28-32-34-37(33-28)21-35-19-8-12-27(35)38/h4-5,9-10,13-16H,2-3,6-8,11-12,17-21H2,1H3. The van der Waals surface area contributed by atoms with Crippen LogP contribution in [0.4, 0.5) is 0 Å². The van der Waals surface area contributed by atoms with Crippen molar-refractivity contribution in [2.45, 2.75) is 83.5 Å². The van der Waals surface area contributed by atoms with Gasteiger partial charge in [-0.15, -0.1) is 15.0 Å². The van der Waals surface area contributed by atoms with Crippen LogP contribution in [0.15, 0.2) is 53.5 Å². The van der Waals surface area contributed by atoms with Crippen molar-refractivity contribution in [3.8, 4) is 22.5 Å². The van der Waals surface area contributed by atoms with Gasteiger partial charge in [0.2, 0.25) is 11.7 Å². The van der Waals surface area contributed by atoms with Crippen LogP contribution in [0.3, 0.4) is 0 Å². The molecule has 2 amide bonds. The van der Waals surface area contributed by atoms with Crippen LogP contribution in [-0.4, -0.2) is 59.7 Å². The zero-order valence-corrected chi connectivity index (χ0v) is 22.6. The smallest absolute Gasteiger partial charge is 0.256 e. The van der Waals surface area contributed by atoms with Crippen LogP contribution in [0.5, 0.6) is 0 Å². The highest BCUT2D eigenvalue weighted by Crippen LogP contribution is 2.40. The SMILES string of the molecule is CCCCC1=NC2(CCCC2)C(=O)N1Cc1ccc(-c2ccccc2-c2nnn(CN3CCCC3=O)n2)cc1. The van der Waals surface area contributed by atoms with E-state index in [9.17, 15) is 9.59 Å². The summed E-state index contributed by atoms with van der Waals surface area (Å²) in [5, 5.41) is 13.1. The fourth-order valence-corrected chi connectivity index (χ4v) is 6.02. The summed E-state index contributed by atoms with van der Waals surface area (Å²) in [6, 6.07) is 16.4. The average molecular weight is 526 g/mol. The Morgan fingerprint density at radius 2 is 1.72 bits per heavy atom. The molecule has 3 heterocycles. The molecule has 6 rings (SSSR count). The summed E-state index contributed by atoms with van der Waals surface area (Å²) >= 11 is 0. The lowest BCUT2D eigenvalue weighted by molar-refractivity contribution is -0.131. The number of aromatic nitrogens is 4. The number of unbranched alkanes of at least 4 members (excludes halogenated alkanes) is 1. The molecule has 3 aliphatic rings. The number of nitrogens with zero attached hydrogens (tertiary/aromatic N) is 7. The molecule has 9 nitrogen and oxygen atoms in total. The fourth-order valence-electron chi connectivity index (χ4n) is 6.02. The van der Waals surface area contributed by atoms with E-state index in [1.807, 2.05) is 23.1 Å². The first-order chi connectivity index (χ1) is 19.1. The molecule has 1 aromatic heterocycles. The van der Waals surface area contributed by atoms with Crippen LogP contribution in [-0.2, 0) is 22.8 Å². The van der Waals surface area contributed by atoms with Crippen LogP contribution in [0.1, 0.15) is 70.3 Å². The minimum absolute atomic E-state index is 0.132. The second-order valence-corrected chi connectivity index (χ2v) is 10.9. The van der Waals surface area contributed by atoms with E-state index in [-0.39, 0.29) is 11.8 Å². The van der Waals surface area contributed by atoms with Crippen LogP contribution in [0, 0.1) is 0 Å². The minimum Gasteiger partial charge on any atom is -0.321 e. The molecule has 0 bridgehead atoms. The molecule has 9 heteroatoms. The van der Waals surface area contributed by atoms with Gasteiger partial charge in [0.1, 0.15) is 18.0 Å². The number of rotatable bonds is 9. The number of hydrogen-bond acceptors (Lipinski definition) is 6. The Hall–Kier alpha value is -3.88. The number of amides is 2. The lowest BCUT2D eigenvalue weighted by atomic mass is 9.97. The lowest BCUT2D eigenvalue weighted by Gasteiger charge is -2.23. The molecule has 202 valence electrons. The van der Waals surface area contributed by atoms with Gasteiger partial charge >= 0.3 is 0 Å². The molecular formula is C30H35N7O2. The Balaban J connectivity index is 1.20. The van der Waals surface area contributed by atoms with Gasteiger partial charge in [0.15, 0.2) is 0 Å². The maximum absolute atomic E-state index is 13.5. The number of amidine groups is 1. The van der Waals surface area contributed by atoms with E-state index in [1.54, 1.807) is 4.90 Å². The van der Waals surface area contributed by atoms with Crippen LogP contribution >= 0.6 is 0 Å². The van der Waals surface area contributed by atoms with Gasteiger partial charge in [-0.05, 0) is 47.6 Å². The van der Waals surface area contributed by atoms with Crippen LogP contribution in [0.25, 0.3) is 22.5 Å². The topological polar surface area (TPSA) is 96.6 Å². The maximum Gasteiger partial charge on any atom is 0.256 e. The summed E-state index contributed by atoms with van der Waals surface area (Å²) in [5.74, 6) is 1.81. The van der Waals surface area contributed by atoms with Gasteiger partial charge in [0, 0.05) is 24.9 Å². The second kappa shape index (κ2) is 10.7. The average Bonchev–Trinajstić information content (AvgIpc) is 3.76. The highest BCUT2D eigenvalue weighted by atomic mass is 16.2. The first kappa shape index (κ1) is 25.4. The van der Waals surface area contributed by atoms with E-state index < -0.39 is 5.54 Å². The zero-order chi connectivity index (χ0) is 26.8. The molecule has 0 unspecified atom stereocenters. The van der Waals surface area contributed by atoms with E-state index in [2.05, 4.69) is 52.7 Å². The van der Waals surface area contributed by atoms with Crippen molar-refractivity contribution < 1.29 is 9.59 Å². The van der Waals surface area contributed by atoms with E-state index in [0.29, 0.717) is 25.5 Å². The highest BCUT2D eigenvalue weighted by molar-refractivity contribution is 6.08. The third-order valence-corrected chi connectivity index (χ3v) is 8.18. The number of carbonyl (C=O) groups is 2. The summed E-state index contributed by atoms with van der Waals surface area (Å²) in [6.07, 6.45) is 8.35. The Kier molecular flexibility index (Phi) is 6.97. The number of aliphatic imine (C=N–C) groups is 1. The molecule has 0 atom stereocenters. The predicted molar refractivity (Wildman–Crippen MR) is 148 cm³/mol. The summed E-state index contributed by atoms with van der Waals surface area (Å²) in [5.41, 5.74) is 3.52. The number of carbonyl (C=O) groups excluding carboxylic acids is 2. The molecule has 1 aliphatic carbocycles. The molecule has 3 aromatic rings. The zero-order valence-electron chi connectivity index (χ0n) is 22.6. The number of likely N-dealkylation sites (tertiary alicyclic amines) is 1. The van der Waals surface area contributed by atoms with Crippen molar-refractivity contribution in [2.75, 3.05) is 6.54 Å². The Morgan fingerprint density at radius 1 is 0.949 bits per heavy atom. The first-order valence-electron chi connectivity index (χ1n) is 14.2. The molecule has 1 spiro atoms. The van der Waals surface area contributed by atoms with Crippen molar-refractivity contribution in [1.82, 2.24) is 30.0 Å². The molecule has 2 fully saturated rings. The lowest BCUT2D eigenvalue weighted by Crippen LogP contribution is -2.40. The monoisotopic (exact) mass is 525 g/mol. The number of tetrazole rings is 1. The summed E-state index contributed by atoms with van der Waals surface area (Å²) in [6.45, 7) is 3.78. The number of benzene rings is 2. The largest absolute Gasteiger partial charge is 0.321 e. The first-order valence-corrected chi connectivity index (χ1v) is 14.2. The summed E-state index contributed by atoms with van der Waals surface area (Å²) in [4.78, 5) is 35.7. The molecular weight excluding hydrogens is 490 g/mol. The van der Waals surface area contributed by atoms with Gasteiger partial charge in [-0.1, -0.05) is 74.7 Å². The quantitative estimate of drug-likeness (QED) is 0.399. The number of hydrogen-bond donors (Lipinski definition) is 0. The van der Waals surface area contributed by atoms with E-state index in [1.165, 1.54) is 4.80 Å². The van der Waals surface area contributed by atoms with Crippen molar-refractivity contribution >= 4 is 17.6 Å². The van der Waals surface area contributed by atoms with Gasteiger partial charge in [0.25, 0.3) is 5.91 Å². The van der Waals surface area contributed by atoms with Gasteiger partial charge in [0.05, 0.1) is 6.54 Å². The Bertz CT molecular complexity index is 1390. The van der Waals surface area contributed by atoms with Crippen molar-refractivity contribution in [3.05, 3.63) is 54.1 Å². The third kappa shape index (κ3) is 4.97. The van der Waals surface area contributed by atoms with Crippen molar-refractivity contribution in [2.24, 2.45) is 4.99 Å². The maximum atomic E-state index is 13.5. The van der Waals surface area contributed by atoms with Crippen LogP contribution in [0.2, 0.25) is 0 Å². The molecule has 1 saturated heterocycles. The molecule has 0 N–H and O–H groups in total. The Labute approximate surface area is 228 Å². The van der Waals surface area contributed by atoms with Crippen molar-refractivity contribution in [1.29, 1.82) is 0 Å². The second-order valence-electron chi connectivity index (χ2n) is 10.9. The van der Waals surface area contributed by atoms with Gasteiger partial charge in [-0.3, -0.25) is 19.5 Å². The Morgan fingerprint density at radius 3 is 2.44 bits per heavy atom. The third-order valence-electron chi connectivity index (χ3n) is 8.18. The predicted octanol–water partition coefficient (Wildman–Crippen LogP) is 4.83. The summed E-state index contributed by atoms with van der Waals surface area (Å²) in [7, 11) is 0. The van der Waals surface area contributed by atoms with Gasteiger partial charge in [-0.25, -0.2) is 0 Å². The van der Waals surface area contributed by atoms with E-state index >= 15 is 0 Å². The minimum atomic E-state index is -0.505. The molecule has 1 saturated carbocycles. The summed E-state index contributed by atoms with van der Waals surface area (Å²) < 4.78 is 0. The fraction of sp³-hybridized carbons (Fsp3) is 0.467. The molecule has 2 aromatic carbocycles. The highest BCUT2D eigenvalue weighted by Gasteiger charge is 2.49. The normalized spacial score (nSPS) is 18.5.